The smallest absolute Gasteiger partial charge is 0.240 e. The second kappa shape index (κ2) is 23.3. The Kier molecular flexibility index (Phi) is 20.8. The van der Waals surface area contributed by atoms with Crippen LogP contribution >= 0.6 is 0 Å². The van der Waals surface area contributed by atoms with Crippen LogP contribution in [0.1, 0.15) is 98.0 Å². The number of aliphatic hydroxyl groups is 2. The number of nitrogens with one attached hydrogen (secondary N) is 1. The van der Waals surface area contributed by atoms with Gasteiger partial charge in [-0.3, -0.25) is 0 Å². The highest BCUT2D eigenvalue weighted by molar-refractivity contribution is 7.89. The molecule has 0 spiro atoms. The van der Waals surface area contributed by atoms with Crippen LogP contribution in [0.4, 0.5) is 0 Å². The van der Waals surface area contributed by atoms with Gasteiger partial charge in [0.1, 0.15) is 24.4 Å². The zero-order valence-electron chi connectivity index (χ0n) is 29.6. The van der Waals surface area contributed by atoms with Crippen molar-refractivity contribution >= 4 is 10.0 Å². The van der Waals surface area contributed by atoms with E-state index < -0.39 is 59.0 Å². The lowest BCUT2D eigenvalue weighted by Gasteiger charge is -2.46. The minimum absolute atomic E-state index is 0.0433. The van der Waals surface area contributed by atoms with E-state index in [1.807, 2.05) is 6.92 Å². The molecule has 12 heteroatoms. The molecule has 8 atom stereocenters. The van der Waals surface area contributed by atoms with Crippen LogP contribution in [0.3, 0.4) is 0 Å². The van der Waals surface area contributed by atoms with Crippen LogP contribution in [0.5, 0.6) is 0 Å². The van der Waals surface area contributed by atoms with Gasteiger partial charge in [0, 0.05) is 26.4 Å². The van der Waals surface area contributed by atoms with Crippen LogP contribution in [0.25, 0.3) is 0 Å². The maximum atomic E-state index is 13.4. The number of hydrogen-bond acceptors (Lipinski definition) is 10. The van der Waals surface area contributed by atoms with Crippen molar-refractivity contribution in [2.75, 3.05) is 39.6 Å². The van der Waals surface area contributed by atoms with Crippen LogP contribution in [0.15, 0.2) is 29.2 Å². The average Bonchev–Trinajstić information content (AvgIpc) is 3.06. The molecule has 1 fully saturated rings. The Morgan fingerprint density at radius 2 is 1.30 bits per heavy atom. The van der Waals surface area contributed by atoms with Gasteiger partial charge < -0.3 is 38.6 Å². The van der Waals surface area contributed by atoms with E-state index in [1.165, 1.54) is 12.1 Å². The van der Waals surface area contributed by atoms with Crippen molar-refractivity contribution in [3.63, 3.8) is 0 Å². The van der Waals surface area contributed by atoms with E-state index in [2.05, 4.69) is 32.4 Å². The van der Waals surface area contributed by atoms with E-state index in [1.54, 1.807) is 19.1 Å². The van der Waals surface area contributed by atoms with Gasteiger partial charge >= 0.3 is 0 Å². The minimum atomic E-state index is -4.06. The fourth-order valence-electron chi connectivity index (χ4n) is 5.15. The van der Waals surface area contributed by atoms with Crippen LogP contribution in [-0.2, 0) is 38.4 Å². The van der Waals surface area contributed by atoms with E-state index in [4.69, 9.17) is 28.4 Å². The Morgan fingerprint density at radius 3 is 1.85 bits per heavy atom. The maximum Gasteiger partial charge on any atom is 0.240 e. The molecule has 3 unspecified atom stereocenters. The summed E-state index contributed by atoms with van der Waals surface area (Å²) in [6, 6.07) is 5.21. The molecule has 0 aromatic heterocycles. The summed E-state index contributed by atoms with van der Waals surface area (Å²) in [6.45, 7) is 14.0. The van der Waals surface area contributed by atoms with E-state index in [0.717, 1.165) is 56.9 Å². The Bertz CT molecular complexity index is 1040. The first kappa shape index (κ1) is 42.0. The lowest BCUT2D eigenvalue weighted by Crippen LogP contribution is -2.63. The van der Waals surface area contributed by atoms with Crippen molar-refractivity contribution in [2.24, 2.45) is 0 Å². The van der Waals surface area contributed by atoms with Gasteiger partial charge in [-0.05, 0) is 51.2 Å². The molecule has 0 saturated carbocycles. The molecule has 274 valence electrons. The third-order valence-electron chi connectivity index (χ3n) is 8.24. The summed E-state index contributed by atoms with van der Waals surface area (Å²) < 4.78 is 67.5. The number of sulfonamides is 1. The second-order valence-electron chi connectivity index (χ2n) is 12.4. The van der Waals surface area contributed by atoms with E-state index in [-0.39, 0.29) is 24.5 Å². The number of hydrogen-bond donors (Lipinski definition) is 3. The van der Waals surface area contributed by atoms with Gasteiger partial charge in [0.25, 0.3) is 0 Å². The monoisotopic (exact) mass is 689 g/mol. The van der Waals surface area contributed by atoms with Crippen molar-refractivity contribution < 1.29 is 47.1 Å². The van der Waals surface area contributed by atoms with Crippen LogP contribution in [0, 0.1) is 6.92 Å². The summed E-state index contributed by atoms with van der Waals surface area (Å²) in [7, 11) is -4.06. The van der Waals surface area contributed by atoms with Gasteiger partial charge in [-0.15, -0.1) is 0 Å². The Balaban J connectivity index is 2.42. The van der Waals surface area contributed by atoms with E-state index >= 15 is 0 Å². The number of rotatable bonds is 26. The number of aryl methyl sites for hydroxylation is 1. The van der Waals surface area contributed by atoms with Gasteiger partial charge in [0.2, 0.25) is 10.0 Å². The quantitative estimate of drug-likeness (QED) is 0.115. The molecule has 1 aliphatic heterocycles. The highest BCUT2D eigenvalue weighted by Gasteiger charge is 2.49. The molecule has 0 amide bonds. The number of aliphatic hydroxyl groups excluding tert-OH is 2. The summed E-state index contributed by atoms with van der Waals surface area (Å²) in [5, 5.41) is 21.6. The summed E-state index contributed by atoms with van der Waals surface area (Å²) in [4.78, 5) is 0.0433. The van der Waals surface area contributed by atoms with Gasteiger partial charge in [-0.1, -0.05) is 78.0 Å². The van der Waals surface area contributed by atoms with Crippen LogP contribution in [-0.4, -0.2) is 107 Å². The largest absolute Gasteiger partial charge is 0.390 e. The highest BCUT2D eigenvalue weighted by Crippen LogP contribution is 2.30. The molecule has 0 radical (unpaired) electrons. The van der Waals surface area contributed by atoms with Gasteiger partial charge in [-0.2, -0.15) is 0 Å². The van der Waals surface area contributed by atoms with Crippen LogP contribution in [0.2, 0.25) is 0 Å². The fraction of sp³-hybridized carbons (Fsp3) is 0.829. The zero-order chi connectivity index (χ0) is 34.7. The molecule has 1 aliphatic rings. The molecule has 1 aromatic rings. The molecule has 2 rings (SSSR count). The van der Waals surface area contributed by atoms with Crippen molar-refractivity contribution in [1.29, 1.82) is 0 Å². The van der Waals surface area contributed by atoms with Gasteiger partial charge in [-0.25, -0.2) is 13.1 Å². The minimum Gasteiger partial charge on any atom is -0.390 e. The van der Waals surface area contributed by atoms with Crippen molar-refractivity contribution in [1.82, 2.24) is 4.72 Å². The zero-order valence-corrected chi connectivity index (χ0v) is 30.4. The van der Waals surface area contributed by atoms with Crippen molar-refractivity contribution in [3.8, 4) is 0 Å². The summed E-state index contributed by atoms with van der Waals surface area (Å²) in [5.41, 5.74) is 0.912. The summed E-state index contributed by atoms with van der Waals surface area (Å²) in [5.74, 6) is 0. The molecule has 1 aromatic carbocycles. The summed E-state index contributed by atoms with van der Waals surface area (Å²) in [6.07, 6.45) is 1.65. The lowest BCUT2D eigenvalue weighted by molar-refractivity contribution is -0.325. The third-order valence-corrected chi connectivity index (χ3v) is 9.75. The van der Waals surface area contributed by atoms with E-state index in [0.29, 0.717) is 26.4 Å². The number of ether oxygens (including phenoxy) is 6. The third kappa shape index (κ3) is 14.3. The average molecular weight is 690 g/mol. The molecular weight excluding hydrogens is 626 g/mol. The topological polar surface area (TPSA) is 142 Å². The predicted molar refractivity (Wildman–Crippen MR) is 182 cm³/mol. The summed E-state index contributed by atoms with van der Waals surface area (Å²) >= 11 is 0. The first-order chi connectivity index (χ1) is 22.6. The predicted octanol–water partition coefficient (Wildman–Crippen LogP) is 4.89. The lowest BCUT2D eigenvalue weighted by atomic mass is 9.97. The Hall–Kier alpha value is -1.19. The number of benzene rings is 1. The standard InChI is InChI=1S/C35H63NO10S/c1-7-12-20-41-25-30-32(42-21-13-8-2)33(43-22-14-9-3)34(44-23-15-10-4)35(46-30)45-24-28(31(38)29(37)11-5)36-47(39,40)27-18-16-26(6)17-19-27/h16-19,28-38H,7-15,20-25H2,1-6H3/t28-,29+,30?,31-,32-,33?,34?,35-/m0/s1. The second-order valence-corrected chi connectivity index (χ2v) is 14.1. The first-order valence-corrected chi connectivity index (χ1v) is 19.3. The highest BCUT2D eigenvalue weighted by atomic mass is 32.2. The Labute approximate surface area is 284 Å². The first-order valence-electron chi connectivity index (χ1n) is 17.8. The molecule has 0 bridgehead atoms. The molecule has 47 heavy (non-hydrogen) atoms. The van der Waals surface area contributed by atoms with E-state index in [9.17, 15) is 18.6 Å². The molecule has 11 nitrogen and oxygen atoms in total. The SMILES string of the molecule is CCCCOCC1O[C@H](OC[C@H](NS(=O)(=O)c2ccc(C)cc2)[C@H](O)[C@H](O)CC)C(OCCCC)C(OCCCC)[C@H]1OCCCC. The number of unbranched alkanes of at least 4 members (excludes halogenated alkanes) is 4. The maximum absolute atomic E-state index is 13.4. The molecule has 1 heterocycles. The molecular formula is C35H63NO10S. The Morgan fingerprint density at radius 1 is 0.766 bits per heavy atom. The molecule has 0 aliphatic carbocycles. The van der Waals surface area contributed by atoms with Crippen molar-refractivity contribution in [2.45, 2.75) is 153 Å². The molecule has 3 N–H and O–H groups in total. The molecule has 1 saturated heterocycles. The van der Waals surface area contributed by atoms with Crippen LogP contribution < -0.4 is 4.72 Å². The van der Waals surface area contributed by atoms with Gasteiger partial charge in [0.15, 0.2) is 6.29 Å². The van der Waals surface area contributed by atoms with Gasteiger partial charge in [0.05, 0.1) is 36.4 Å². The van der Waals surface area contributed by atoms with Crippen molar-refractivity contribution in [3.05, 3.63) is 29.8 Å². The fourth-order valence-corrected chi connectivity index (χ4v) is 6.38. The normalized spacial score (nSPS) is 23.9.